The fraction of sp³-hybridized carbons (Fsp3) is 0.190. The third-order valence-electron chi connectivity index (χ3n) is 4.87. The molecule has 0 aliphatic carbocycles. The number of imide groups is 1. The first-order valence-electron chi connectivity index (χ1n) is 8.87. The van der Waals surface area contributed by atoms with Crippen molar-refractivity contribution in [3.05, 3.63) is 66.1 Å². The van der Waals surface area contributed by atoms with Crippen LogP contribution in [0.1, 0.15) is 18.4 Å². The van der Waals surface area contributed by atoms with Crippen LogP contribution in [-0.4, -0.2) is 29.3 Å². The van der Waals surface area contributed by atoms with E-state index in [9.17, 15) is 14.4 Å². The Bertz CT molecular complexity index is 1100. The fourth-order valence-corrected chi connectivity index (χ4v) is 3.38. The van der Waals surface area contributed by atoms with Crippen molar-refractivity contribution in [1.29, 1.82) is 0 Å². The molecule has 4 rings (SSSR count). The van der Waals surface area contributed by atoms with Crippen LogP contribution in [0.4, 0.5) is 10.5 Å². The molecule has 2 aromatic carbocycles. The molecule has 0 bridgehead atoms. The lowest BCUT2D eigenvalue weighted by atomic mass is 9.99. The van der Waals surface area contributed by atoms with E-state index in [1.807, 2.05) is 36.4 Å². The summed E-state index contributed by atoms with van der Waals surface area (Å²) in [5, 5.41) is 7.27. The van der Waals surface area contributed by atoms with Crippen molar-refractivity contribution < 1.29 is 18.8 Å². The highest BCUT2D eigenvalue weighted by Crippen LogP contribution is 2.30. The quantitative estimate of drug-likeness (QED) is 0.683. The minimum atomic E-state index is -1.33. The topological polar surface area (TPSA) is 91.7 Å². The van der Waals surface area contributed by atoms with E-state index < -0.39 is 23.4 Å². The Morgan fingerprint density at radius 1 is 1.11 bits per heavy atom. The zero-order valence-corrected chi connectivity index (χ0v) is 15.5. The third kappa shape index (κ3) is 2.90. The highest BCUT2D eigenvalue weighted by molar-refractivity contribution is 6.11. The number of furan rings is 1. The molecular weight excluding hydrogens is 358 g/mol. The summed E-state index contributed by atoms with van der Waals surface area (Å²) in [6.07, 6.45) is 0. The predicted octanol–water partition coefficient (Wildman–Crippen LogP) is 3.15. The Morgan fingerprint density at radius 2 is 1.86 bits per heavy atom. The number of anilines is 1. The highest BCUT2D eigenvalue weighted by Gasteiger charge is 2.51. The van der Waals surface area contributed by atoms with E-state index in [2.05, 4.69) is 10.6 Å². The lowest BCUT2D eigenvalue weighted by Crippen LogP contribution is -2.41. The van der Waals surface area contributed by atoms with Crippen molar-refractivity contribution in [2.24, 2.45) is 0 Å². The Balaban J connectivity index is 1.53. The molecule has 1 aliphatic heterocycles. The maximum Gasteiger partial charge on any atom is 0.325 e. The second-order valence-electron chi connectivity index (χ2n) is 6.93. The molecule has 1 saturated heterocycles. The first kappa shape index (κ1) is 17.8. The van der Waals surface area contributed by atoms with Gasteiger partial charge < -0.3 is 15.1 Å². The summed E-state index contributed by atoms with van der Waals surface area (Å²) >= 11 is 0. The second kappa shape index (κ2) is 6.53. The van der Waals surface area contributed by atoms with Crippen LogP contribution in [0.5, 0.6) is 0 Å². The third-order valence-corrected chi connectivity index (χ3v) is 4.87. The molecule has 2 heterocycles. The van der Waals surface area contributed by atoms with Crippen LogP contribution in [0.15, 0.2) is 59.0 Å². The number of rotatable bonds is 4. The molecule has 3 aromatic rings. The van der Waals surface area contributed by atoms with Crippen molar-refractivity contribution in [2.45, 2.75) is 19.4 Å². The Kier molecular flexibility index (Phi) is 4.15. The van der Waals surface area contributed by atoms with Crippen LogP contribution in [0, 0.1) is 6.92 Å². The number of carbonyl (C=O) groups excluding carboxylic acids is 3. The van der Waals surface area contributed by atoms with Gasteiger partial charge >= 0.3 is 6.03 Å². The molecule has 7 heteroatoms. The van der Waals surface area contributed by atoms with E-state index in [0.717, 1.165) is 15.7 Å². The monoisotopic (exact) mass is 377 g/mol. The summed E-state index contributed by atoms with van der Waals surface area (Å²) in [7, 11) is 0. The van der Waals surface area contributed by atoms with Crippen molar-refractivity contribution in [3.63, 3.8) is 0 Å². The van der Waals surface area contributed by atoms with Crippen molar-refractivity contribution in [1.82, 2.24) is 10.2 Å². The molecule has 1 aromatic heterocycles. The van der Waals surface area contributed by atoms with Crippen LogP contribution in [-0.2, 0) is 15.1 Å². The first-order valence-corrected chi connectivity index (χ1v) is 8.87. The number of benzene rings is 2. The molecule has 0 spiro atoms. The average Bonchev–Trinajstić information content (AvgIpc) is 3.20. The molecule has 1 unspecified atom stereocenters. The van der Waals surface area contributed by atoms with Gasteiger partial charge in [-0.05, 0) is 37.4 Å². The number of aryl methyl sites for hydroxylation is 1. The molecule has 28 heavy (non-hydrogen) atoms. The summed E-state index contributed by atoms with van der Waals surface area (Å²) in [6, 6.07) is 15.9. The summed E-state index contributed by atoms with van der Waals surface area (Å²) in [6.45, 7) is 2.93. The van der Waals surface area contributed by atoms with Crippen molar-refractivity contribution in [3.8, 4) is 0 Å². The number of urea groups is 1. The lowest BCUT2D eigenvalue weighted by molar-refractivity contribution is -0.134. The van der Waals surface area contributed by atoms with Gasteiger partial charge in [-0.1, -0.05) is 36.4 Å². The van der Waals surface area contributed by atoms with E-state index >= 15 is 0 Å². The Morgan fingerprint density at radius 3 is 2.61 bits per heavy atom. The van der Waals surface area contributed by atoms with Gasteiger partial charge in [-0.25, -0.2) is 4.79 Å². The van der Waals surface area contributed by atoms with Gasteiger partial charge in [0, 0.05) is 11.1 Å². The first-order chi connectivity index (χ1) is 13.4. The minimum Gasteiger partial charge on any atom is -0.463 e. The second-order valence-corrected chi connectivity index (χ2v) is 6.93. The van der Waals surface area contributed by atoms with Crippen LogP contribution in [0.25, 0.3) is 10.8 Å². The van der Waals surface area contributed by atoms with Crippen LogP contribution < -0.4 is 10.6 Å². The maximum absolute atomic E-state index is 12.9. The summed E-state index contributed by atoms with van der Waals surface area (Å²) in [5.74, 6) is -0.0228. The molecule has 142 valence electrons. The van der Waals surface area contributed by atoms with Gasteiger partial charge in [0.2, 0.25) is 5.91 Å². The van der Waals surface area contributed by atoms with E-state index in [4.69, 9.17) is 4.42 Å². The smallest absolute Gasteiger partial charge is 0.325 e. The van der Waals surface area contributed by atoms with Crippen LogP contribution >= 0.6 is 0 Å². The van der Waals surface area contributed by atoms with Gasteiger partial charge in [0.25, 0.3) is 5.91 Å². The zero-order chi connectivity index (χ0) is 19.9. The molecule has 7 nitrogen and oxygen atoms in total. The molecule has 4 amide bonds. The zero-order valence-electron chi connectivity index (χ0n) is 15.5. The van der Waals surface area contributed by atoms with Crippen molar-refractivity contribution in [2.75, 3.05) is 11.9 Å². The minimum absolute atomic E-state index is 0.334. The molecule has 1 atom stereocenters. The number of nitrogens with one attached hydrogen (secondary N) is 2. The number of carbonyl (C=O) groups is 3. The average molecular weight is 377 g/mol. The standard InChI is InChI=1S/C21H19N3O4/c1-13-10-11-17(28-13)21(2)19(26)24(20(27)23-21)12-18(25)22-16-9-5-7-14-6-3-4-8-15(14)16/h3-11H,12H2,1-2H3,(H,22,25)(H,23,27). The van der Waals surface area contributed by atoms with Gasteiger partial charge in [-0.2, -0.15) is 0 Å². The number of nitrogens with zero attached hydrogens (tertiary/aromatic N) is 1. The fourth-order valence-electron chi connectivity index (χ4n) is 3.38. The number of fused-ring (bicyclic) bond motifs is 1. The Labute approximate surface area is 161 Å². The number of amides is 4. The molecular formula is C21H19N3O4. The summed E-state index contributed by atoms with van der Waals surface area (Å²) < 4.78 is 5.52. The SMILES string of the molecule is Cc1ccc(C2(C)NC(=O)N(CC(=O)Nc3cccc4ccccc34)C2=O)o1. The van der Waals surface area contributed by atoms with E-state index in [-0.39, 0.29) is 6.54 Å². The van der Waals surface area contributed by atoms with Crippen LogP contribution in [0.2, 0.25) is 0 Å². The molecule has 0 saturated carbocycles. The van der Waals surface area contributed by atoms with Gasteiger partial charge in [-0.15, -0.1) is 0 Å². The maximum atomic E-state index is 12.9. The summed E-state index contributed by atoms with van der Waals surface area (Å²) in [5.41, 5.74) is -0.704. The van der Waals surface area contributed by atoms with Gasteiger partial charge in [0.05, 0.1) is 0 Å². The summed E-state index contributed by atoms with van der Waals surface area (Å²) in [4.78, 5) is 38.7. The molecule has 2 N–H and O–H groups in total. The van der Waals surface area contributed by atoms with E-state index in [0.29, 0.717) is 17.2 Å². The van der Waals surface area contributed by atoms with Gasteiger partial charge in [0.1, 0.15) is 18.1 Å². The number of hydrogen-bond donors (Lipinski definition) is 2. The van der Waals surface area contributed by atoms with E-state index in [1.54, 1.807) is 32.0 Å². The van der Waals surface area contributed by atoms with E-state index in [1.165, 1.54) is 0 Å². The van der Waals surface area contributed by atoms with Gasteiger partial charge in [-0.3, -0.25) is 14.5 Å². The molecule has 1 aliphatic rings. The normalized spacial score (nSPS) is 19.1. The Hall–Kier alpha value is -3.61. The molecule has 0 radical (unpaired) electrons. The van der Waals surface area contributed by atoms with Crippen LogP contribution in [0.3, 0.4) is 0 Å². The largest absolute Gasteiger partial charge is 0.463 e. The number of hydrogen-bond acceptors (Lipinski definition) is 4. The predicted molar refractivity (Wildman–Crippen MR) is 104 cm³/mol. The molecule has 1 fully saturated rings. The highest BCUT2D eigenvalue weighted by atomic mass is 16.3. The van der Waals surface area contributed by atoms with Crippen molar-refractivity contribution >= 4 is 34.3 Å². The van der Waals surface area contributed by atoms with Gasteiger partial charge in [0.15, 0.2) is 5.54 Å². The lowest BCUT2D eigenvalue weighted by Gasteiger charge is -2.19.